The van der Waals surface area contributed by atoms with E-state index < -0.39 is 0 Å². The topological polar surface area (TPSA) is 54.3 Å². The Bertz CT molecular complexity index is 572. The number of allylic oxidation sites excluding steroid dienone is 2. The monoisotopic (exact) mass is 319 g/mol. The largest absolute Gasteiger partial charge is 0.381 e. The molecule has 3 rings (SSSR count). The lowest BCUT2D eigenvalue weighted by Crippen LogP contribution is -2.30. The number of fused-ring (bicyclic) bond motifs is 1. The van der Waals surface area contributed by atoms with E-state index in [1.165, 1.54) is 0 Å². The molecule has 6 heteroatoms. The zero-order chi connectivity index (χ0) is 15.5. The second-order valence-electron chi connectivity index (χ2n) is 5.83. The Kier molecular flexibility index (Phi) is 4.78. The number of hydrogen-bond acceptors (Lipinski definition) is 5. The summed E-state index contributed by atoms with van der Waals surface area (Å²) in [7, 11) is 3.97. The molecular formula is C16H21N3O2S. The molecule has 0 bridgehead atoms. The number of ether oxygens (including phenoxy) is 1. The number of hydrogen-bond donors (Lipinski definition) is 0. The van der Waals surface area contributed by atoms with Crippen LogP contribution in [0.3, 0.4) is 0 Å². The first-order chi connectivity index (χ1) is 10.6. The van der Waals surface area contributed by atoms with Crippen molar-refractivity contribution in [2.24, 2.45) is 15.9 Å². The average Bonchev–Trinajstić information content (AvgIpc) is 2.53. The van der Waals surface area contributed by atoms with Crippen molar-refractivity contribution in [3.63, 3.8) is 0 Å². The lowest BCUT2D eigenvalue weighted by Gasteiger charge is -2.24. The molecular weight excluding hydrogens is 298 g/mol. The van der Waals surface area contributed by atoms with Gasteiger partial charge in [-0.15, -0.1) is 0 Å². The third kappa shape index (κ3) is 3.50. The van der Waals surface area contributed by atoms with Crippen molar-refractivity contribution in [1.82, 2.24) is 4.90 Å². The maximum absolute atomic E-state index is 12.2. The van der Waals surface area contributed by atoms with E-state index in [4.69, 9.17) is 4.74 Å². The van der Waals surface area contributed by atoms with Crippen LogP contribution in [0.2, 0.25) is 0 Å². The third-order valence-corrected chi connectivity index (χ3v) is 5.34. The maximum atomic E-state index is 12.2. The van der Waals surface area contributed by atoms with Crippen molar-refractivity contribution in [2.45, 2.75) is 18.1 Å². The summed E-state index contributed by atoms with van der Waals surface area (Å²) < 4.78 is 5.37. The third-order valence-electron chi connectivity index (χ3n) is 3.97. The molecule has 3 aliphatic rings. The molecule has 2 heterocycles. The van der Waals surface area contributed by atoms with Crippen molar-refractivity contribution in [1.29, 1.82) is 0 Å². The molecule has 0 radical (unpaired) electrons. The van der Waals surface area contributed by atoms with Gasteiger partial charge in [-0.3, -0.25) is 4.79 Å². The molecule has 1 saturated heterocycles. The predicted molar refractivity (Wildman–Crippen MR) is 90.6 cm³/mol. The minimum absolute atomic E-state index is 0.0992. The molecule has 0 spiro atoms. The van der Waals surface area contributed by atoms with Crippen LogP contribution in [-0.2, 0) is 9.53 Å². The number of carbonyl (C=O) groups is 1. The lowest BCUT2D eigenvalue weighted by molar-refractivity contribution is -0.118. The molecule has 22 heavy (non-hydrogen) atoms. The van der Waals surface area contributed by atoms with Gasteiger partial charge < -0.3 is 9.64 Å². The van der Waals surface area contributed by atoms with Crippen molar-refractivity contribution < 1.29 is 9.53 Å². The molecule has 0 N–H and O–H groups in total. The van der Waals surface area contributed by atoms with Gasteiger partial charge in [-0.1, -0.05) is 6.08 Å². The van der Waals surface area contributed by atoms with Crippen LogP contribution in [0.4, 0.5) is 0 Å². The maximum Gasteiger partial charge on any atom is 0.260 e. The highest BCUT2D eigenvalue weighted by molar-refractivity contribution is 8.00. The molecule has 1 aliphatic carbocycles. The molecule has 1 fully saturated rings. The highest BCUT2D eigenvalue weighted by atomic mass is 32.2. The molecule has 1 atom stereocenters. The molecule has 118 valence electrons. The van der Waals surface area contributed by atoms with Gasteiger partial charge in [0.05, 0.1) is 11.5 Å². The Hall–Kier alpha value is -1.40. The van der Waals surface area contributed by atoms with Crippen molar-refractivity contribution >= 4 is 29.2 Å². The number of rotatable bonds is 4. The summed E-state index contributed by atoms with van der Waals surface area (Å²) in [6.07, 6.45) is 7.97. The standard InChI is InChI=1S/C16H21N3O2S/c1-19(2)11-3-4-13-14(9-11)17-15(18-16(13)20)10-22-12-5-7-21-8-6-12/h3-4,9,12-13H,5-8,10H2,1-2H3. The fourth-order valence-electron chi connectivity index (χ4n) is 2.64. The summed E-state index contributed by atoms with van der Waals surface area (Å²) in [5.74, 6) is 0.942. The Morgan fingerprint density at radius 2 is 2.09 bits per heavy atom. The first kappa shape index (κ1) is 15.5. The van der Waals surface area contributed by atoms with Crippen LogP contribution in [0.1, 0.15) is 12.8 Å². The lowest BCUT2D eigenvalue weighted by atomic mass is 9.95. The predicted octanol–water partition coefficient (Wildman–Crippen LogP) is 1.91. The van der Waals surface area contributed by atoms with Crippen LogP contribution in [0.25, 0.3) is 0 Å². The molecule has 1 amide bonds. The zero-order valence-electron chi connectivity index (χ0n) is 13.0. The van der Waals surface area contributed by atoms with E-state index in [1.54, 1.807) is 0 Å². The summed E-state index contributed by atoms with van der Waals surface area (Å²) in [5.41, 5.74) is 1.87. The van der Waals surface area contributed by atoms with Crippen LogP contribution < -0.4 is 0 Å². The summed E-state index contributed by atoms with van der Waals surface area (Å²) >= 11 is 1.83. The van der Waals surface area contributed by atoms with E-state index in [1.807, 2.05) is 49.0 Å². The minimum Gasteiger partial charge on any atom is -0.381 e. The van der Waals surface area contributed by atoms with Gasteiger partial charge in [0.15, 0.2) is 0 Å². The first-order valence-electron chi connectivity index (χ1n) is 7.60. The number of thioether (sulfide) groups is 1. The second kappa shape index (κ2) is 6.79. The average molecular weight is 319 g/mol. The number of carbonyl (C=O) groups excluding carboxylic acids is 1. The minimum atomic E-state index is -0.305. The smallest absolute Gasteiger partial charge is 0.260 e. The Morgan fingerprint density at radius 3 is 2.82 bits per heavy atom. The number of amidine groups is 1. The normalized spacial score (nSPS) is 25.3. The second-order valence-corrected chi connectivity index (χ2v) is 7.11. The Labute approximate surface area is 135 Å². The van der Waals surface area contributed by atoms with Crippen molar-refractivity contribution in [2.75, 3.05) is 33.1 Å². The van der Waals surface area contributed by atoms with Crippen LogP contribution in [0.5, 0.6) is 0 Å². The highest BCUT2D eigenvalue weighted by Crippen LogP contribution is 2.25. The summed E-state index contributed by atoms with van der Waals surface area (Å²) in [6, 6.07) is 0. The van der Waals surface area contributed by atoms with Crippen LogP contribution >= 0.6 is 11.8 Å². The molecule has 0 aromatic carbocycles. The quantitative estimate of drug-likeness (QED) is 0.794. The number of nitrogens with zero attached hydrogens (tertiary/aromatic N) is 3. The fraction of sp³-hybridized carbons (Fsp3) is 0.562. The summed E-state index contributed by atoms with van der Waals surface area (Å²) in [6.45, 7) is 1.67. The van der Waals surface area contributed by atoms with Gasteiger partial charge in [0.1, 0.15) is 11.8 Å². The van der Waals surface area contributed by atoms with Gasteiger partial charge >= 0.3 is 0 Å². The van der Waals surface area contributed by atoms with E-state index >= 15 is 0 Å². The molecule has 5 nitrogen and oxygen atoms in total. The van der Waals surface area contributed by atoms with Crippen molar-refractivity contribution in [3.8, 4) is 0 Å². The van der Waals surface area contributed by atoms with E-state index in [2.05, 4.69) is 9.98 Å². The van der Waals surface area contributed by atoms with Gasteiger partial charge in [0.25, 0.3) is 5.91 Å². The van der Waals surface area contributed by atoms with E-state index in [9.17, 15) is 4.79 Å². The van der Waals surface area contributed by atoms with E-state index in [0.717, 1.165) is 37.5 Å². The Balaban J connectivity index is 1.68. The molecule has 0 aromatic rings. The van der Waals surface area contributed by atoms with E-state index in [0.29, 0.717) is 16.8 Å². The van der Waals surface area contributed by atoms with Crippen LogP contribution in [-0.4, -0.2) is 60.7 Å². The van der Waals surface area contributed by atoms with Gasteiger partial charge in [-0.25, -0.2) is 4.99 Å². The van der Waals surface area contributed by atoms with Gasteiger partial charge in [0, 0.05) is 38.3 Å². The van der Waals surface area contributed by atoms with Gasteiger partial charge in [-0.2, -0.15) is 16.8 Å². The van der Waals surface area contributed by atoms with Gasteiger partial charge in [-0.05, 0) is 25.0 Å². The fourth-order valence-corrected chi connectivity index (χ4v) is 3.68. The van der Waals surface area contributed by atoms with Crippen LogP contribution in [0.15, 0.2) is 33.9 Å². The Morgan fingerprint density at radius 1 is 1.32 bits per heavy atom. The number of aliphatic imine (C=N–C) groups is 2. The molecule has 0 aromatic heterocycles. The first-order valence-corrected chi connectivity index (χ1v) is 8.65. The molecule has 2 aliphatic heterocycles. The SMILES string of the molecule is CN(C)C1=CC2=NC(CSC3CCOCC3)=NC(=O)C2C=C1. The van der Waals surface area contributed by atoms with Gasteiger partial charge in [0.2, 0.25) is 0 Å². The zero-order valence-corrected chi connectivity index (χ0v) is 13.8. The number of likely N-dealkylation sites (N-methyl/N-ethyl adjacent to an activating group) is 1. The van der Waals surface area contributed by atoms with Crippen LogP contribution in [0, 0.1) is 5.92 Å². The summed E-state index contributed by atoms with van der Waals surface area (Å²) in [4.78, 5) is 23.0. The summed E-state index contributed by atoms with van der Waals surface area (Å²) in [5, 5.41) is 0.587. The highest BCUT2D eigenvalue weighted by Gasteiger charge is 2.28. The number of amides is 1. The van der Waals surface area contributed by atoms with Crippen molar-refractivity contribution in [3.05, 3.63) is 23.9 Å². The molecule has 1 unspecified atom stereocenters. The molecule has 0 saturated carbocycles. The van der Waals surface area contributed by atoms with E-state index in [-0.39, 0.29) is 11.8 Å².